The molecule has 4 unspecified atom stereocenters. The summed E-state index contributed by atoms with van der Waals surface area (Å²) in [5.74, 6) is 0. The molecule has 1 fully saturated rings. The van der Waals surface area contributed by atoms with Gasteiger partial charge in [0, 0.05) is 25.9 Å². The minimum atomic E-state index is -0.927. The number of aromatic nitrogens is 2. The van der Waals surface area contributed by atoms with Crippen molar-refractivity contribution in [1.82, 2.24) is 9.55 Å². The lowest BCUT2D eigenvalue weighted by Gasteiger charge is -2.19. The topological polar surface area (TPSA) is 120 Å². The number of aliphatic hydroxyl groups is 1. The number of hydrogen-bond acceptors (Lipinski definition) is 6. The van der Waals surface area contributed by atoms with Crippen LogP contribution >= 0.6 is 0 Å². The summed E-state index contributed by atoms with van der Waals surface area (Å²) in [4.78, 5) is 24.7. The first-order chi connectivity index (χ1) is 8.58. The maximum absolute atomic E-state index is 11.6. The molecule has 18 heavy (non-hydrogen) atoms. The number of aliphatic hydroxyl groups excluding tert-OH is 1. The highest BCUT2D eigenvalue weighted by molar-refractivity contribution is 4.94. The van der Waals surface area contributed by atoms with E-state index in [9.17, 15) is 14.7 Å². The average molecular weight is 257 g/mol. The number of rotatable bonds is 3. The number of H-pyrrole nitrogens is 1. The van der Waals surface area contributed by atoms with Crippen molar-refractivity contribution in [2.24, 2.45) is 5.73 Å². The summed E-state index contributed by atoms with van der Waals surface area (Å²) in [5, 5.41) is 9.91. The smallest absolute Gasteiger partial charge is 0.330 e. The second kappa shape index (κ2) is 5.02. The Morgan fingerprint density at radius 3 is 2.89 bits per heavy atom. The van der Waals surface area contributed by atoms with Gasteiger partial charge in [-0.2, -0.15) is 0 Å². The summed E-state index contributed by atoms with van der Waals surface area (Å²) in [6, 6.07) is 1.19. The molecule has 4 N–H and O–H groups in total. The van der Waals surface area contributed by atoms with E-state index in [0.29, 0.717) is 0 Å². The van der Waals surface area contributed by atoms with Gasteiger partial charge < -0.3 is 20.3 Å². The number of hydrogen-bond donors (Lipinski definition) is 3. The second-order valence-electron chi connectivity index (χ2n) is 4.01. The van der Waals surface area contributed by atoms with Crippen molar-refractivity contribution in [1.29, 1.82) is 0 Å². The Hall–Kier alpha value is -1.48. The summed E-state index contributed by atoms with van der Waals surface area (Å²) >= 11 is 0. The minimum Gasteiger partial charge on any atom is -0.387 e. The maximum atomic E-state index is 11.6. The maximum Gasteiger partial charge on any atom is 0.330 e. The second-order valence-corrected chi connectivity index (χ2v) is 4.01. The van der Waals surface area contributed by atoms with Crippen LogP contribution in [0.4, 0.5) is 0 Å². The Bertz CT molecular complexity index is 525. The fraction of sp³-hybridized carbons (Fsp3) is 0.600. The number of nitrogens with zero attached hydrogens (tertiary/aromatic N) is 1. The molecule has 1 aliphatic rings. The highest BCUT2D eigenvalue weighted by Gasteiger charge is 2.44. The standard InChI is InChI=1S/C10H15N3O5/c1-17-8-7(15)5(4-11)18-9(8)13-3-2-6(14)12-10(13)16/h2-3,5,7-9,15H,4,11H2,1H3,(H,12,14,16). The van der Waals surface area contributed by atoms with Gasteiger partial charge in [-0.25, -0.2) is 4.79 Å². The van der Waals surface area contributed by atoms with Crippen LogP contribution in [-0.4, -0.2) is 46.6 Å². The number of aromatic amines is 1. The Morgan fingerprint density at radius 1 is 1.61 bits per heavy atom. The average Bonchev–Trinajstić information content (AvgIpc) is 2.65. The van der Waals surface area contributed by atoms with Crippen LogP contribution in [-0.2, 0) is 9.47 Å². The molecule has 0 spiro atoms. The third kappa shape index (κ3) is 2.10. The zero-order valence-electron chi connectivity index (χ0n) is 9.78. The summed E-state index contributed by atoms with van der Waals surface area (Å²) in [5.41, 5.74) is 4.33. The Kier molecular flexibility index (Phi) is 3.62. The fourth-order valence-corrected chi connectivity index (χ4v) is 2.02. The molecule has 1 aromatic heterocycles. The SMILES string of the molecule is COC1C(O)C(CN)OC1n1ccc(=O)[nH]c1=O. The van der Waals surface area contributed by atoms with Gasteiger partial charge in [-0.15, -0.1) is 0 Å². The van der Waals surface area contributed by atoms with Crippen LogP contribution in [0.2, 0.25) is 0 Å². The first-order valence-electron chi connectivity index (χ1n) is 5.46. The molecule has 0 saturated carbocycles. The molecule has 0 aliphatic carbocycles. The number of nitrogens with one attached hydrogen (secondary N) is 1. The molecule has 0 amide bonds. The van der Waals surface area contributed by atoms with E-state index in [1.54, 1.807) is 0 Å². The van der Waals surface area contributed by atoms with Crippen molar-refractivity contribution in [3.63, 3.8) is 0 Å². The zero-order valence-corrected chi connectivity index (χ0v) is 9.78. The van der Waals surface area contributed by atoms with Crippen LogP contribution in [0.3, 0.4) is 0 Å². The van der Waals surface area contributed by atoms with Crippen molar-refractivity contribution < 1.29 is 14.6 Å². The Morgan fingerprint density at radius 2 is 2.33 bits per heavy atom. The van der Waals surface area contributed by atoms with E-state index < -0.39 is 35.8 Å². The van der Waals surface area contributed by atoms with E-state index in [1.807, 2.05) is 0 Å². The molecule has 8 heteroatoms. The first-order valence-corrected chi connectivity index (χ1v) is 5.46. The van der Waals surface area contributed by atoms with Crippen molar-refractivity contribution >= 4 is 0 Å². The molecule has 2 rings (SSSR count). The minimum absolute atomic E-state index is 0.107. The first kappa shape index (κ1) is 13.0. The van der Waals surface area contributed by atoms with E-state index in [4.69, 9.17) is 15.2 Å². The summed E-state index contributed by atoms with van der Waals surface area (Å²) < 4.78 is 11.8. The van der Waals surface area contributed by atoms with Crippen LogP contribution in [0.25, 0.3) is 0 Å². The molecular formula is C10H15N3O5. The molecule has 2 heterocycles. The molecule has 0 aromatic carbocycles. The number of methoxy groups -OCH3 is 1. The van der Waals surface area contributed by atoms with Gasteiger partial charge in [-0.05, 0) is 0 Å². The fourth-order valence-electron chi connectivity index (χ4n) is 2.02. The van der Waals surface area contributed by atoms with Gasteiger partial charge in [0.1, 0.15) is 18.3 Å². The van der Waals surface area contributed by atoms with Crippen LogP contribution in [0, 0.1) is 0 Å². The largest absolute Gasteiger partial charge is 0.387 e. The van der Waals surface area contributed by atoms with E-state index in [0.717, 1.165) is 4.57 Å². The molecule has 0 bridgehead atoms. The van der Waals surface area contributed by atoms with E-state index in [-0.39, 0.29) is 6.54 Å². The molecule has 1 aliphatic heterocycles. The third-order valence-electron chi connectivity index (χ3n) is 2.94. The van der Waals surface area contributed by atoms with Crippen molar-refractivity contribution in [3.05, 3.63) is 33.1 Å². The van der Waals surface area contributed by atoms with Crippen LogP contribution in [0.1, 0.15) is 6.23 Å². The lowest BCUT2D eigenvalue weighted by Crippen LogP contribution is -2.39. The quantitative estimate of drug-likeness (QED) is 0.563. The summed E-state index contributed by atoms with van der Waals surface area (Å²) in [6.45, 7) is 0.107. The van der Waals surface area contributed by atoms with Gasteiger partial charge in [0.15, 0.2) is 6.23 Å². The Labute approximate surface area is 102 Å². The van der Waals surface area contributed by atoms with E-state index in [1.165, 1.54) is 19.4 Å². The van der Waals surface area contributed by atoms with E-state index in [2.05, 4.69) is 4.98 Å². The summed E-state index contributed by atoms with van der Waals surface area (Å²) in [6.07, 6.45) is -1.78. The number of nitrogens with two attached hydrogens (primary N) is 1. The highest BCUT2D eigenvalue weighted by Crippen LogP contribution is 2.29. The van der Waals surface area contributed by atoms with Gasteiger partial charge in [0.25, 0.3) is 5.56 Å². The third-order valence-corrected chi connectivity index (χ3v) is 2.94. The van der Waals surface area contributed by atoms with Gasteiger partial charge in [-0.1, -0.05) is 0 Å². The van der Waals surface area contributed by atoms with Gasteiger partial charge in [-0.3, -0.25) is 14.3 Å². The van der Waals surface area contributed by atoms with Crippen LogP contribution < -0.4 is 17.0 Å². The molecule has 1 aromatic rings. The van der Waals surface area contributed by atoms with Crippen LogP contribution in [0.5, 0.6) is 0 Å². The molecule has 1 saturated heterocycles. The summed E-state index contributed by atoms with van der Waals surface area (Å²) in [7, 11) is 1.40. The van der Waals surface area contributed by atoms with Gasteiger partial charge in [0.05, 0.1) is 0 Å². The lowest BCUT2D eigenvalue weighted by atomic mass is 10.1. The van der Waals surface area contributed by atoms with Gasteiger partial charge >= 0.3 is 5.69 Å². The van der Waals surface area contributed by atoms with Gasteiger partial charge in [0.2, 0.25) is 0 Å². The Balaban J connectivity index is 2.38. The molecule has 8 nitrogen and oxygen atoms in total. The molecular weight excluding hydrogens is 242 g/mol. The molecule has 100 valence electrons. The zero-order chi connectivity index (χ0) is 13.3. The van der Waals surface area contributed by atoms with Crippen molar-refractivity contribution in [2.45, 2.75) is 24.5 Å². The predicted octanol–water partition coefficient (Wildman–Crippen LogP) is -2.23. The van der Waals surface area contributed by atoms with Crippen molar-refractivity contribution in [2.75, 3.05) is 13.7 Å². The highest BCUT2D eigenvalue weighted by atomic mass is 16.6. The van der Waals surface area contributed by atoms with E-state index >= 15 is 0 Å². The molecule has 0 radical (unpaired) electrons. The van der Waals surface area contributed by atoms with Crippen molar-refractivity contribution in [3.8, 4) is 0 Å². The molecule has 4 atom stereocenters. The predicted molar refractivity (Wildman–Crippen MR) is 61.1 cm³/mol. The lowest BCUT2D eigenvalue weighted by molar-refractivity contribution is -0.0526. The monoisotopic (exact) mass is 257 g/mol. The normalized spacial score (nSPS) is 31.7. The van der Waals surface area contributed by atoms with Crippen LogP contribution in [0.15, 0.2) is 21.9 Å². The number of ether oxygens (including phenoxy) is 2.